The molecule has 0 saturated heterocycles. The van der Waals surface area contributed by atoms with Gasteiger partial charge in [-0.1, -0.05) is 54.6 Å². The molecule has 0 unspecified atom stereocenters. The Kier molecular flexibility index (Phi) is 6.04. The van der Waals surface area contributed by atoms with Gasteiger partial charge in [0.15, 0.2) is 0 Å². The summed E-state index contributed by atoms with van der Waals surface area (Å²) in [7, 11) is 2.12. The van der Waals surface area contributed by atoms with E-state index in [1.54, 1.807) is 22.7 Å². The summed E-state index contributed by atoms with van der Waals surface area (Å²) in [4.78, 5) is 12.3. The van der Waals surface area contributed by atoms with Crippen molar-refractivity contribution >= 4 is 55.5 Å². The lowest BCUT2D eigenvalue weighted by Crippen LogP contribution is -1.96. The maximum Gasteiger partial charge on any atom is 0.140 e. The zero-order valence-corrected chi connectivity index (χ0v) is 26.0. The largest absolute Gasteiger partial charge is 0.327 e. The van der Waals surface area contributed by atoms with Crippen molar-refractivity contribution in [1.29, 1.82) is 0 Å². The summed E-state index contributed by atoms with van der Waals surface area (Å²) in [6, 6.07) is 43.5. The van der Waals surface area contributed by atoms with E-state index in [0.29, 0.717) is 0 Å². The highest BCUT2D eigenvalue weighted by molar-refractivity contribution is 7.13. The van der Waals surface area contributed by atoms with Crippen LogP contribution >= 0.6 is 22.7 Å². The van der Waals surface area contributed by atoms with Gasteiger partial charge in [0.1, 0.15) is 5.82 Å². The molecule has 214 valence electrons. The van der Waals surface area contributed by atoms with Crippen LogP contribution in [0.25, 0.3) is 82.1 Å². The minimum atomic E-state index is 0.952. The van der Waals surface area contributed by atoms with E-state index < -0.39 is 0 Å². The first-order chi connectivity index (χ1) is 22.2. The Morgan fingerprint density at radius 3 is 2.11 bits per heavy atom. The summed E-state index contributed by atoms with van der Waals surface area (Å²) in [5.41, 5.74) is 11.1. The highest BCUT2D eigenvalue weighted by Crippen LogP contribution is 2.39. The third-order valence-electron chi connectivity index (χ3n) is 8.58. The van der Waals surface area contributed by atoms with Crippen molar-refractivity contribution in [2.45, 2.75) is 0 Å². The van der Waals surface area contributed by atoms with Crippen molar-refractivity contribution in [2.24, 2.45) is 7.05 Å². The van der Waals surface area contributed by atoms with E-state index in [9.17, 15) is 0 Å². The van der Waals surface area contributed by atoms with Gasteiger partial charge >= 0.3 is 0 Å². The van der Waals surface area contributed by atoms with Gasteiger partial charge in [0.2, 0.25) is 0 Å². The van der Waals surface area contributed by atoms with Crippen molar-refractivity contribution < 1.29 is 0 Å². The predicted molar refractivity (Wildman–Crippen MR) is 190 cm³/mol. The number of thiophene rings is 2. The van der Waals surface area contributed by atoms with Gasteiger partial charge in [0.25, 0.3) is 0 Å². The number of aromatic nitrogens is 4. The van der Waals surface area contributed by atoms with E-state index in [0.717, 1.165) is 44.9 Å². The lowest BCUT2D eigenvalue weighted by molar-refractivity contribution is 0.959. The van der Waals surface area contributed by atoms with Gasteiger partial charge in [-0.05, 0) is 88.6 Å². The molecule has 4 nitrogen and oxygen atoms in total. The Labute approximate surface area is 268 Å². The van der Waals surface area contributed by atoms with Gasteiger partial charge in [-0.2, -0.15) is 0 Å². The molecule has 4 aromatic carbocycles. The molecule has 0 amide bonds. The minimum Gasteiger partial charge on any atom is -0.327 e. The number of benzene rings is 4. The quantitative estimate of drug-likeness (QED) is 0.193. The average Bonchev–Trinajstić information content (AvgIpc) is 3.91. The van der Waals surface area contributed by atoms with E-state index in [1.165, 1.54) is 37.2 Å². The minimum absolute atomic E-state index is 0.952. The van der Waals surface area contributed by atoms with Gasteiger partial charge in [0.05, 0.1) is 27.8 Å². The summed E-state index contributed by atoms with van der Waals surface area (Å²) in [5.74, 6) is 0.952. The van der Waals surface area contributed by atoms with Crippen LogP contribution in [0.1, 0.15) is 0 Å². The molecule has 0 aliphatic rings. The molecule has 45 heavy (non-hydrogen) atoms. The van der Waals surface area contributed by atoms with Crippen LogP contribution in [0.3, 0.4) is 0 Å². The second-order valence-corrected chi connectivity index (χ2v) is 13.1. The topological polar surface area (TPSA) is 35.6 Å². The zero-order valence-electron chi connectivity index (χ0n) is 24.4. The Morgan fingerprint density at radius 2 is 1.33 bits per heavy atom. The van der Waals surface area contributed by atoms with Crippen LogP contribution in [-0.4, -0.2) is 19.1 Å². The fourth-order valence-electron chi connectivity index (χ4n) is 6.42. The number of pyridine rings is 1. The van der Waals surface area contributed by atoms with Crippen molar-refractivity contribution in [3.8, 4) is 49.2 Å². The van der Waals surface area contributed by atoms with Gasteiger partial charge in [-0.15, -0.1) is 22.7 Å². The highest BCUT2D eigenvalue weighted by atomic mass is 32.1. The zero-order chi connectivity index (χ0) is 29.9. The van der Waals surface area contributed by atoms with Gasteiger partial charge in [-0.3, -0.25) is 4.98 Å². The van der Waals surface area contributed by atoms with Gasteiger partial charge in [-0.25, -0.2) is 4.98 Å². The second-order valence-electron chi connectivity index (χ2n) is 11.2. The molecule has 5 heterocycles. The molecule has 9 aromatic rings. The first kappa shape index (κ1) is 26.1. The molecule has 0 aliphatic heterocycles. The number of aryl methyl sites for hydroxylation is 1. The maximum absolute atomic E-state index is 5.12. The molecule has 5 aromatic heterocycles. The van der Waals surface area contributed by atoms with Crippen LogP contribution in [0.15, 0.2) is 138 Å². The van der Waals surface area contributed by atoms with Crippen molar-refractivity contribution in [3.05, 3.63) is 138 Å². The van der Waals surface area contributed by atoms with E-state index >= 15 is 0 Å². The molecule has 0 N–H and O–H groups in total. The summed E-state index contributed by atoms with van der Waals surface area (Å²) >= 11 is 3.53. The average molecular weight is 615 g/mol. The van der Waals surface area contributed by atoms with Crippen LogP contribution in [0, 0.1) is 0 Å². The summed E-state index contributed by atoms with van der Waals surface area (Å²) in [6.07, 6.45) is 1.85. The predicted octanol–water partition coefficient (Wildman–Crippen LogP) is 10.9. The molecular formula is C39H26N4S2. The van der Waals surface area contributed by atoms with Crippen LogP contribution in [0.4, 0.5) is 0 Å². The van der Waals surface area contributed by atoms with Crippen LogP contribution < -0.4 is 0 Å². The van der Waals surface area contributed by atoms with Crippen molar-refractivity contribution in [2.75, 3.05) is 0 Å². The lowest BCUT2D eigenvalue weighted by atomic mass is 10.1. The SMILES string of the molecule is Cn1c(-c2ccc3c4cc(-c5cccs5)ccc4n(-c4cccc(-c5ccccn5)c4)c3c2)nc2ccc(-c3cccs3)cc21. The molecule has 0 spiro atoms. The Morgan fingerprint density at radius 1 is 0.556 bits per heavy atom. The number of hydrogen-bond donors (Lipinski definition) is 0. The normalized spacial score (nSPS) is 11.7. The fourth-order valence-corrected chi connectivity index (χ4v) is 7.86. The molecule has 6 heteroatoms. The van der Waals surface area contributed by atoms with Crippen LogP contribution in [0.5, 0.6) is 0 Å². The molecule has 0 bridgehead atoms. The second kappa shape index (κ2) is 10.4. The smallest absolute Gasteiger partial charge is 0.140 e. The Hall–Kier alpha value is -5.30. The molecule has 0 radical (unpaired) electrons. The first-order valence-electron chi connectivity index (χ1n) is 14.9. The van der Waals surface area contributed by atoms with E-state index in [2.05, 4.69) is 141 Å². The van der Waals surface area contributed by atoms with E-state index in [-0.39, 0.29) is 0 Å². The first-order valence-corrected chi connectivity index (χ1v) is 16.6. The fraction of sp³-hybridized carbons (Fsp3) is 0.0256. The number of fused-ring (bicyclic) bond motifs is 4. The molecule has 0 saturated carbocycles. The molecule has 0 fully saturated rings. The number of rotatable bonds is 5. The van der Waals surface area contributed by atoms with E-state index in [1.807, 2.05) is 18.3 Å². The maximum atomic E-state index is 5.12. The number of hydrogen-bond acceptors (Lipinski definition) is 4. The Bertz CT molecular complexity index is 2480. The summed E-state index contributed by atoms with van der Waals surface area (Å²) < 4.78 is 4.60. The lowest BCUT2D eigenvalue weighted by Gasteiger charge is -2.11. The molecular weight excluding hydrogens is 589 g/mol. The molecule has 0 atom stereocenters. The summed E-state index contributed by atoms with van der Waals surface area (Å²) in [5, 5.41) is 6.71. The third-order valence-corrected chi connectivity index (χ3v) is 10.4. The van der Waals surface area contributed by atoms with Crippen molar-refractivity contribution in [1.82, 2.24) is 19.1 Å². The van der Waals surface area contributed by atoms with Crippen LogP contribution in [-0.2, 0) is 7.05 Å². The Balaban J connectivity index is 1.27. The standard InChI is InChI=1S/C39H26N4S2/c1-42-36-23-27(38-11-6-20-45-38)13-16-33(36)41-39(42)28-12-15-30-31-22-26(37-10-5-19-44-37)14-17-34(31)43(35(30)24-28)29-8-4-7-25(21-29)32-9-2-3-18-40-32/h2-24H,1H3. The monoisotopic (exact) mass is 614 g/mol. The molecule has 0 aliphatic carbocycles. The van der Waals surface area contributed by atoms with Crippen LogP contribution in [0.2, 0.25) is 0 Å². The van der Waals surface area contributed by atoms with Gasteiger partial charge in [0, 0.05) is 50.6 Å². The van der Waals surface area contributed by atoms with Gasteiger partial charge < -0.3 is 9.13 Å². The summed E-state index contributed by atoms with van der Waals surface area (Å²) in [6.45, 7) is 0. The van der Waals surface area contributed by atoms with E-state index in [4.69, 9.17) is 4.98 Å². The highest BCUT2D eigenvalue weighted by Gasteiger charge is 2.18. The molecule has 9 rings (SSSR count). The van der Waals surface area contributed by atoms with Crippen molar-refractivity contribution in [3.63, 3.8) is 0 Å². The number of nitrogens with zero attached hydrogens (tertiary/aromatic N) is 4. The number of imidazole rings is 1. The third kappa shape index (κ3) is 4.33.